The third-order valence-corrected chi connectivity index (χ3v) is 11.4. The van der Waals surface area contributed by atoms with Crippen molar-refractivity contribution in [2.45, 2.75) is 95.1 Å². The van der Waals surface area contributed by atoms with Crippen LogP contribution in [-0.4, -0.2) is 52.1 Å². The van der Waals surface area contributed by atoms with E-state index in [1.54, 1.807) is 0 Å². The van der Waals surface area contributed by atoms with Crippen molar-refractivity contribution in [3.05, 3.63) is 48.4 Å². The molecular weight excluding hydrogens is 557 g/mol. The molecule has 0 saturated heterocycles. The van der Waals surface area contributed by atoms with Crippen LogP contribution in [0.25, 0.3) is 11.1 Å². The molecule has 4 bridgehead atoms. The number of carbonyl (C=O) groups is 1. The van der Waals surface area contributed by atoms with E-state index >= 15 is 0 Å². The first kappa shape index (κ1) is 27.7. The summed E-state index contributed by atoms with van der Waals surface area (Å²) in [7, 11) is -3.51. The number of amides is 1. The quantitative estimate of drug-likeness (QED) is 0.352. The van der Waals surface area contributed by atoms with E-state index in [9.17, 15) is 17.6 Å². The van der Waals surface area contributed by atoms with Crippen LogP contribution in [0.2, 0.25) is 0 Å². The van der Waals surface area contributed by atoms with Gasteiger partial charge >= 0.3 is 0 Å². The van der Waals surface area contributed by atoms with Crippen molar-refractivity contribution in [2.24, 2.45) is 10.8 Å². The highest BCUT2D eigenvalue weighted by molar-refractivity contribution is 7.89. The minimum atomic E-state index is -3.51. The second-order valence-electron chi connectivity index (χ2n) is 14.7. The minimum absolute atomic E-state index is 0.00998. The number of benzene rings is 1. The van der Waals surface area contributed by atoms with Crippen LogP contribution in [0.1, 0.15) is 90.3 Å². The van der Waals surface area contributed by atoms with E-state index in [1.165, 1.54) is 12.4 Å². The van der Waals surface area contributed by atoms with Crippen molar-refractivity contribution in [1.29, 1.82) is 0 Å². The van der Waals surface area contributed by atoms with Gasteiger partial charge in [0.2, 0.25) is 11.8 Å². The second kappa shape index (κ2) is 8.74. The molecule has 0 unspecified atom stereocenters. The van der Waals surface area contributed by atoms with Crippen LogP contribution in [0.15, 0.2) is 41.2 Å². The number of alkyl halides is 1. The van der Waals surface area contributed by atoms with Crippen LogP contribution in [0.5, 0.6) is 0 Å². The van der Waals surface area contributed by atoms with Gasteiger partial charge in [-0.1, -0.05) is 38.1 Å². The van der Waals surface area contributed by atoms with Crippen molar-refractivity contribution in [2.75, 3.05) is 17.7 Å². The normalized spacial score (nSPS) is 31.8. The van der Waals surface area contributed by atoms with Crippen LogP contribution in [0, 0.1) is 10.8 Å². The highest BCUT2D eigenvalue weighted by Gasteiger charge is 2.73. The van der Waals surface area contributed by atoms with Crippen molar-refractivity contribution in [1.82, 2.24) is 19.3 Å². The molecule has 6 aliphatic rings. The first-order valence-corrected chi connectivity index (χ1v) is 16.7. The molecule has 1 aromatic carbocycles. The largest absolute Gasteiger partial charge is 0.339 e. The number of halogens is 1. The van der Waals surface area contributed by atoms with E-state index < -0.39 is 21.1 Å². The number of fused-ring (bicyclic) bond motifs is 3. The van der Waals surface area contributed by atoms with Gasteiger partial charge in [-0.15, -0.1) is 0 Å². The van der Waals surface area contributed by atoms with Crippen molar-refractivity contribution >= 4 is 21.6 Å². The molecule has 9 nitrogen and oxygen atoms in total. The second-order valence-corrected chi connectivity index (χ2v) is 16.6. The van der Waals surface area contributed by atoms with Gasteiger partial charge in [-0.2, -0.15) is 14.2 Å². The van der Waals surface area contributed by atoms with Gasteiger partial charge in [0.1, 0.15) is 5.67 Å². The maximum absolute atomic E-state index is 14.6. The Hall–Kier alpha value is -3.08. The summed E-state index contributed by atoms with van der Waals surface area (Å²) in [4.78, 5) is 20.9. The fourth-order valence-electron chi connectivity index (χ4n) is 7.86. The summed E-state index contributed by atoms with van der Waals surface area (Å²) in [5.74, 6) is 1.49. The fraction of sp³-hybridized carbons (Fsp3) is 0.613. The average Bonchev–Trinajstić information content (AvgIpc) is 3.62. The lowest BCUT2D eigenvalue weighted by molar-refractivity contribution is -0.211. The van der Waals surface area contributed by atoms with Crippen molar-refractivity contribution in [3.8, 4) is 11.1 Å². The molecule has 6 saturated carbocycles. The number of hydrogen-bond acceptors (Lipinski definition) is 7. The number of hydrogen-bond donors (Lipinski definition) is 0. The Morgan fingerprint density at radius 3 is 2.29 bits per heavy atom. The van der Waals surface area contributed by atoms with Gasteiger partial charge in [0.15, 0.2) is 5.82 Å². The van der Waals surface area contributed by atoms with Crippen molar-refractivity contribution < 1.29 is 22.1 Å². The summed E-state index contributed by atoms with van der Waals surface area (Å²) < 4.78 is 45.1. The van der Waals surface area contributed by atoms with Crippen LogP contribution < -0.4 is 4.90 Å². The zero-order valence-electron chi connectivity index (χ0n) is 24.7. The topological polar surface area (TPSA) is 111 Å². The molecule has 0 radical (unpaired) electrons. The van der Waals surface area contributed by atoms with Gasteiger partial charge in [0.05, 0.1) is 24.1 Å². The van der Waals surface area contributed by atoms with E-state index in [0.29, 0.717) is 37.3 Å². The SMILES string of the molecule is CC(C)(C)c1nc(C23CCC(CN(C(=O)C45CC(F)(C4)C5)c4cccc(-c5cnn(S(C)(=O)=O)c5)c4)(CC2)CC3)no1. The maximum Gasteiger partial charge on any atom is 0.250 e. The zero-order chi connectivity index (χ0) is 29.8. The Labute approximate surface area is 245 Å². The lowest BCUT2D eigenvalue weighted by atomic mass is 9.41. The highest BCUT2D eigenvalue weighted by atomic mass is 32.2. The first-order chi connectivity index (χ1) is 19.6. The van der Waals surface area contributed by atoms with E-state index in [-0.39, 0.29) is 22.2 Å². The monoisotopic (exact) mass is 595 g/mol. The predicted octanol–water partition coefficient (Wildman–Crippen LogP) is 5.56. The summed E-state index contributed by atoms with van der Waals surface area (Å²) in [5.41, 5.74) is 0.0723. The molecule has 9 rings (SSSR count). The van der Waals surface area contributed by atoms with E-state index in [1.807, 2.05) is 29.2 Å². The van der Waals surface area contributed by atoms with Gasteiger partial charge < -0.3 is 9.42 Å². The molecule has 0 atom stereocenters. The third-order valence-electron chi connectivity index (χ3n) is 10.5. The molecule has 6 fully saturated rings. The Morgan fingerprint density at radius 1 is 1.07 bits per heavy atom. The highest BCUT2D eigenvalue weighted by Crippen LogP contribution is 2.70. The molecule has 6 aliphatic carbocycles. The van der Waals surface area contributed by atoms with Gasteiger partial charge in [-0.25, -0.2) is 12.8 Å². The average molecular weight is 596 g/mol. The number of carbonyl (C=O) groups excluding carboxylic acids is 1. The molecule has 2 heterocycles. The molecule has 2 aromatic heterocycles. The third kappa shape index (κ3) is 4.33. The first-order valence-electron chi connectivity index (χ1n) is 14.8. The van der Waals surface area contributed by atoms with Crippen LogP contribution in [0.4, 0.5) is 10.1 Å². The lowest BCUT2D eigenvalue weighted by Crippen LogP contribution is -2.71. The minimum Gasteiger partial charge on any atom is -0.339 e. The standard InChI is InChI=1S/C31H38FN5O4S/c1-27(2,3)25-34-24(35-41-25)29-11-8-28(9-12-29,10-13-29)20-36(26(38)30-17-31(32,18-30)19-30)23-7-5-6-21(14-23)22-15-33-37(16-22)42(4,39)40/h5-7,14-16H,8-13,17-20H2,1-4H3. The molecular formula is C31H38FN5O4S. The molecule has 224 valence electrons. The summed E-state index contributed by atoms with van der Waals surface area (Å²) in [6.07, 6.45) is 10.7. The zero-order valence-corrected chi connectivity index (χ0v) is 25.5. The van der Waals surface area contributed by atoms with Crippen LogP contribution in [0.3, 0.4) is 0 Å². The number of nitrogens with zero attached hydrogens (tertiary/aromatic N) is 5. The fourth-order valence-corrected chi connectivity index (χ4v) is 8.38. The Kier molecular flexibility index (Phi) is 5.77. The van der Waals surface area contributed by atoms with Gasteiger partial charge in [0.25, 0.3) is 10.0 Å². The van der Waals surface area contributed by atoms with E-state index in [0.717, 1.165) is 65.9 Å². The molecule has 42 heavy (non-hydrogen) atoms. The van der Waals surface area contributed by atoms with E-state index in [4.69, 9.17) is 9.51 Å². The number of aromatic nitrogens is 4. The molecule has 1 amide bonds. The smallest absolute Gasteiger partial charge is 0.250 e. The van der Waals surface area contributed by atoms with E-state index in [2.05, 4.69) is 31.0 Å². The van der Waals surface area contributed by atoms with Gasteiger partial charge in [0, 0.05) is 28.6 Å². The molecule has 11 heteroatoms. The number of anilines is 1. The summed E-state index contributed by atoms with van der Waals surface area (Å²) >= 11 is 0. The van der Waals surface area contributed by atoms with Crippen molar-refractivity contribution in [3.63, 3.8) is 0 Å². The summed E-state index contributed by atoms with van der Waals surface area (Å²) in [6, 6.07) is 7.63. The van der Waals surface area contributed by atoms with Gasteiger partial charge in [-0.3, -0.25) is 4.79 Å². The summed E-state index contributed by atoms with van der Waals surface area (Å²) in [5, 5.41) is 8.43. The van der Waals surface area contributed by atoms with Gasteiger partial charge in [-0.05, 0) is 80.9 Å². The van der Waals surface area contributed by atoms with Crippen LogP contribution in [-0.2, 0) is 25.6 Å². The molecule has 0 aliphatic heterocycles. The Bertz CT molecular complexity index is 1640. The maximum atomic E-state index is 14.6. The molecule has 0 N–H and O–H groups in total. The molecule has 0 spiro atoms. The predicted molar refractivity (Wildman–Crippen MR) is 155 cm³/mol. The summed E-state index contributed by atoms with van der Waals surface area (Å²) in [6.45, 7) is 6.80. The Balaban J connectivity index is 1.17. The number of rotatable bonds is 7. The Morgan fingerprint density at radius 2 is 1.74 bits per heavy atom. The molecule has 3 aromatic rings. The lowest BCUT2D eigenvalue weighted by Gasteiger charge is -2.65. The van der Waals surface area contributed by atoms with Crippen LogP contribution >= 0.6 is 0 Å².